The Labute approximate surface area is 114 Å². The number of anilines is 1. The summed E-state index contributed by atoms with van der Waals surface area (Å²) >= 11 is 1.83. The Morgan fingerprint density at radius 3 is 2.89 bits per heavy atom. The Hall–Kier alpha value is -0.670. The van der Waals surface area contributed by atoms with E-state index in [-0.39, 0.29) is 0 Å². The van der Waals surface area contributed by atoms with Crippen molar-refractivity contribution in [2.45, 2.75) is 42.7 Å². The molecule has 1 unspecified atom stereocenters. The van der Waals surface area contributed by atoms with Crippen LogP contribution < -0.4 is 10.2 Å². The summed E-state index contributed by atoms with van der Waals surface area (Å²) in [6, 6.07) is 10.5. The van der Waals surface area contributed by atoms with E-state index in [1.807, 2.05) is 11.8 Å². The fourth-order valence-corrected chi connectivity index (χ4v) is 3.19. The lowest BCUT2D eigenvalue weighted by Crippen LogP contribution is -2.46. The number of hydrogen-bond donors (Lipinski definition) is 1. The molecule has 2 nitrogen and oxygen atoms in total. The van der Waals surface area contributed by atoms with Gasteiger partial charge in [-0.05, 0) is 50.1 Å². The van der Waals surface area contributed by atoms with Crippen molar-refractivity contribution in [1.29, 1.82) is 0 Å². The van der Waals surface area contributed by atoms with Crippen LogP contribution in [0, 0.1) is 0 Å². The fourth-order valence-electron chi connectivity index (χ4n) is 2.74. The van der Waals surface area contributed by atoms with Gasteiger partial charge in [0.05, 0.1) is 0 Å². The van der Waals surface area contributed by atoms with Gasteiger partial charge in [0.2, 0.25) is 0 Å². The third-order valence-electron chi connectivity index (χ3n) is 3.89. The van der Waals surface area contributed by atoms with Crippen LogP contribution >= 0.6 is 11.8 Å². The van der Waals surface area contributed by atoms with Crippen LogP contribution in [0.5, 0.6) is 0 Å². The van der Waals surface area contributed by atoms with Crippen molar-refractivity contribution in [3.63, 3.8) is 0 Å². The average molecular weight is 262 g/mol. The normalized spacial score (nSPS) is 24.3. The number of rotatable bonds is 4. The fraction of sp³-hybridized carbons (Fsp3) is 0.600. The highest BCUT2D eigenvalue weighted by molar-refractivity contribution is 7.98. The van der Waals surface area contributed by atoms with Crippen LogP contribution in [-0.2, 0) is 0 Å². The van der Waals surface area contributed by atoms with E-state index in [9.17, 15) is 0 Å². The minimum Gasteiger partial charge on any atom is -0.370 e. The molecular weight excluding hydrogens is 240 g/mol. The van der Waals surface area contributed by atoms with E-state index in [4.69, 9.17) is 0 Å². The maximum absolute atomic E-state index is 3.77. The number of hydrogen-bond acceptors (Lipinski definition) is 3. The molecule has 3 rings (SSSR count). The summed E-state index contributed by atoms with van der Waals surface area (Å²) in [6.45, 7) is 2.38. The van der Waals surface area contributed by atoms with Gasteiger partial charge in [0, 0.05) is 35.8 Å². The summed E-state index contributed by atoms with van der Waals surface area (Å²) < 4.78 is 0. The summed E-state index contributed by atoms with van der Waals surface area (Å²) in [6.07, 6.45) is 7.58. The minimum absolute atomic E-state index is 0.698. The Morgan fingerprint density at radius 2 is 2.11 bits per heavy atom. The monoisotopic (exact) mass is 262 g/mol. The van der Waals surface area contributed by atoms with E-state index in [1.165, 1.54) is 49.4 Å². The van der Waals surface area contributed by atoms with Crippen molar-refractivity contribution in [2.75, 3.05) is 24.2 Å². The first kappa shape index (κ1) is 12.4. The molecule has 1 saturated carbocycles. The first-order valence-corrected chi connectivity index (χ1v) is 8.22. The predicted molar refractivity (Wildman–Crippen MR) is 79.6 cm³/mol. The van der Waals surface area contributed by atoms with Crippen LogP contribution in [0.15, 0.2) is 29.2 Å². The Bertz CT molecular complexity index is 403. The maximum atomic E-state index is 3.77. The number of thioether (sulfide) groups is 1. The zero-order valence-electron chi connectivity index (χ0n) is 11.1. The van der Waals surface area contributed by atoms with Crippen molar-refractivity contribution in [1.82, 2.24) is 5.32 Å². The molecule has 1 aromatic carbocycles. The molecule has 1 heterocycles. The molecule has 0 bridgehead atoms. The minimum atomic E-state index is 0.698. The highest BCUT2D eigenvalue weighted by atomic mass is 32.2. The molecule has 1 saturated heterocycles. The first-order valence-electron chi connectivity index (χ1n) is 7.00. The summed E-state index contributed by atoms with van der Waals surface area (Å²) in [4.78, 5) is 3.91. The SMILES string of the molecule is CSc1cccc(N2CCCC(NC3CC3)C2)c1. The summed E-state index contributed by atoms with van der Waals surface area (Å²) in [7, 11) is 0. The Morgan fingerprint density at radius 1 is 1.22 bits per heavy atom. The molecule has 3 heteroatoms. The second kappa shape index (κ2) is 5.54. The molecule has 2 aliphatic rings. The van der Waals surface area contributed by atoms with Crippen LogP contribution in [0.1, 0.15) is 25.7 Å². The van der Waals surface area contributed by atoms with Gasteiger partial charge in [-0.15, -0.1) is 11.8 Å². The zero-order chi connectivity index (χ0) is 12.4. The van der Waals surface area contributed by atoms with Crippen molar-refractivity contribution in [3.05, 3.63) is 24.3 Å². The third-order valence-corrected chi connectivity index (χ3v) is 4.61. The lowest BCUT2D eigenvalue weighted by Gasteiger charge is -2.35. The molecular formula is C15H22N2S. The molecule has 0 radical (unpaired) electrons. The second-order valence-electron chi connectivity index (χ2n) is 5.43. The van der Waals surface area contributed by atoms with Crippen LogP contribution in [0.3, 0.4) is 0 Å². The van der Waals surface area contributed by atoms with Gasteiger partial charge in [-0.3, -0.25) is 0 Å². The topological polar surface area (TPSA) is 15.3 Å². The van der Waals surface area contributed by atoms with Crippen LogP contribution in [-0.4, -0.2) is 31.4 Å². The van der Waals surface area contributed by atoms with E-state index >= 15 is 0 Å². The van der Waals surface area contributed by atoms with Gasteiger partial charge in [-0.25, -0.2) is 0 Å². The quantitative estimate of drug-likeness (QED) is 0.839. The summed E-state index contributed by atoms with van der Waals surface area (Å²) in [5.41, 5.74) is 1.39. The smallest absolute Gasteiger partial charge is 0.0377 e. The molecule has 0 spiro atoms. The van der Waals surface area contributed by atoms with E-state index in [0.717, 1.165) is 6.04 Å². The van der Waals surface area contributed by atoms with Crippen LogP contribution in [0.4, 0.5) is 5.69 Å². The van der Waals surface area contributed by atoms with Gasteiger partial charge in [0.15, 0.2) is 0 Å². The molecule has 18 heavy (non-hydrogen) atoms. The molecule has 98 valence electrons. The molecule has 0 amide bonds. The predicted octanol–water partition coefficient (Wildman–Crippen LogP) is 3.13. The van der Waals surface area contributed by atoms with Crippen molar-refractivity contribution < 1.29 is 0 Å². The number of piperidine rings is 1. The largest absolute Gasteiger partial charge is 0.370 e. The molecule has 1 aliphatic heterocycles. The number of nitrogens with one attached hydrogen (secondary N) is 1. The number of benzene rings is 1. The lowest BCUT2D eigenvalue weighted by atomic mass is 10.0. The third kappa shape index (κ3) is 3.01. The average Bonchev–Trinajstić information content (AvgIpc) is 3.23. The van der Waals surface area contributed by atoms with E-state index in [2.05, 4.69) is 40.7 Å². The molecule has 2 fully saturated rings. The molecule has 1 aromatic rings. The second-order valence-corrected chi connectivity index (χ2v) is 6.31. The van der Waals surface area contributed by atoms with Crippen molar-refractivity contribution in [3.8, 4) is 0 Å². The lowest BCUT2D eigenvalue weighted by molar-refractivity contribution is 0.420. The standard InChI is InChI=1S/C15H22N2S/c1-18-15-6-2-5-14(10-15)17-9-3-4-13(11-17)16-12-7-8-12/h2,5-6,10,12-13,16H,3-4,7-9,11H2,1H3. The highest BCUT2D eigenvalue weighted by Crippen LogP contribution is 2.26. The van der Waals surface area contributed by atoms with E-state index in [1.54, 1.807) is 0 Å². The van der Waals surface area contributed by atoms with Gasteiger partial charge in [-0.2, -0.15) is 0 Å². The first-order chi connectivity index (χ1) is 8.85. The molecule has 1 N–H and O–H groups in total. The summed E-state index contributed by atoms with van der Waals surface area (Å²) in [5.74, 6) is 0. The Kier molecular flexibility index (Phi) is 3.80. The molecule has 1 atom stereocenters. The van der Waals surface area contributed by atoms with E-state index in [0.29, 0.717) is 6.04 Å². The molecule has 1 aliphatic carbocycles. The van der Waals surface area contributed by atoms with Crippen molar-refractivity contribution >= 4 is 17.4 Å². The summed E-state index contributed by atoms with van der Waals surface area (Å²) in [5, 5.41) is 3.77. The van der Waals surface area contributed by atoms with Crippen LogP contribution in [0.2, 0.25) is 0 Å². The number of nitrogens with zero attached hydrogens (tertiary/aromatic N) is 1. The van der Waals surface area contributed by atoms with Gasteiger partial charge in [0.1, 0.15) is 0 Å². The van der Waals surface area contributed by atoms with Gasteiger partial charge in [-0.1, -0.05) is 6.07 Å². The van der Waals surface area contributed by atoms with Gasteiger partial charge in [0.25, 0.3) is 0 Å². The molecule has 0 aromatic heterocycles. The van der Waals surface area contributed by atoms with Gasteiger partial charge < -0.3 is 10.2 Å². The van der Waals surface area contributed by atoms with Crippen molar-refractivity contribution in [2.24, 2.45) is 0 Å². The highest BCUT2D eigenvalue weighted by Gasteiger charge is 2.27. The van der Waals surface area contributed by atoms with Crippen LogP contribution in [0.25, 0.3) is 0 Å². The van der Waals surface area contributed by atoms with Gasteiger partial charge >= 0.3 is 0 Å². The van der Waals surface area contributed by atoms with E-state index < -0.39 is 0 Å². The maximum Gasteiger partial charge on any atom is 0.0377 e. The zero-order valence-corrected chi connectivity index (χ0v) is 11.9. The Balaban J connectivity index is 1.66.